The van der Waals surface area contributed by atoms with Crippen LogP contribution >= 0.6 is 0 Å². The van der Waals surface area contributed by atoms with Gasteiger partial charge in [0.25, 0.3) is 5.91 Å². The summed E-state index contributed by atoms with van der Waals surface area (Å²) < 4.78 is 11.6. The van der Waals surface area contributed by atoms with Gasteiger partial charge in [0.2, 0.25) is 12.0 Å². The lowest BCUT2D eigenvalue weighted by Crippen LogP contribution is -2.57. The first kappa shape index (κ1) is 22.9. The third-order valence-electron chi connectivity index (χ3n) is 6.61. The van der Waals surface area contributed by atoms with Crippen molar-refractivity contribution in [3.8, 4) is 22.6 Å². The Bertz CT molecular complexity index is 1190. The smallest absolute Gasteiger partial charge is 0.267 e. The summed E-state index contributed by atoms with van der Waals surface area (Å²) in [7, 11) is 0. The summed E-state index contributed by atoms with van der Waals surface area (Å²) in [6.07, 6.45) is -0.647. The van der Waals surface area contributed by atoms with Crippen molar-refractivity contribution in [3.63, 3.8) is 0 Å². The predicted octanol–water partition coefficient (Wildman–Crippen LogP) is 3.66. The van der Waals surface area contributed by atoms with Gasteiger partial charge < -0.3 is 19.7 Å². The molecule has 0 aromatic heterocycles. The number of nitrogens with one attached hydrogen (secondary N) is 1. The highest BCUT2D eigenvalue weighted by molar-refractivity contribution is 5.98. The summed E-state index contributed by atoms with van der Waals surface area (Å²) in [5, 5.41) is 3.10. The third-order valence-corrected chi connectivity index (χ3v) is 6.61. The Hall–Kier alpha value is -3.84. The molecule has 3 aromatic rings. The molecular formula is C28H29N3O4. The van der Waals surface area contributed by atoms with Gasteiger partial charge >= 0.3 is 0 Å². The van der Waals surface area contributed by atoms with Crippen molar-refractivity contribution in [2.45, 2.75) is 19.1 Å². The number of ether oxygens (including phenoxy) is 2. The number of carbonyl (C=O) groups excluding carboxylic acids is 2. The lowest BCUT2D eigenvalue weighted by molar-refractivity contribution is -0.143. The molecule has 180 valence electrons. The van der Waals surface area contributed by atoms with Crippen LogP contribution in [0, 0.1) is 0 Å². The first-order valence-corrected chi connectivity index (χ1v) is 12.0. The molecule has 2 aliphatic heterocycles. The molecule has 0 bridgehead atoms. The van der Waals surface area contributed by atoms with Crippen LogP contribution in [0.1, 0.15) is 6.92 Å². The van der Waals surface area contributed by atoms with E-state index in [1.54, 1.807) is 4.90 Å². The van der Waals surface area contributed by atoms with Gasteiger partial charge in [0, 0.05) is 37.4 Å². The maximum atomic E-state index is 13.1. The number of fused-ring (bicyclic) bond motifs is 1. The first-order valence-electron chi connectivity index (χ1n) is 12.0. The summed E-state index contributed by atoms with van der Waals surface area (Å²) in [6.45, 7) is 4.43. The van der Waals surface area contributed by atoms with Gasteiger partial charge in [-0.15, -0.1) is 0 Å². The van der Waals surface area contributed by atoms with Crippen molar-refractivity contribution < 1.29 is 19.1 Å². The number of hydrogen-bond acceptors (Lipinski definition) is 5. The molecule has 35 heavy (non-hydrogen) atoms. The van der Waals surface area contributed by atoms with Gasteiger partial charge in [-0.25, -0.2) is 0 Å². The Morgan fingerprint density at radius 1 is 0.857 bits per heavy atom. The van der Waals surface area contributed by atoms with E-state index in [0.717, 1.165) is 16.8 Å². The van der Waals surface area contributed by atoms with Gasteiger partial charge in [-0.2, -0.15) is 0 Å². The Morgan fingerprint density at radius 2 is 1.51 bits per heavy atom. The minimum Gasteiger partial charge on any atom is -0.485 e. The number of nitrogens with zero attached hydrogens (tertiary/aromatic N) is 2. The average Bonchev–Trinajstić information content (AvgIpc) is 2.93. The van der Waals surface area contributed by atoms with Crippen molar-refractivity contribution in [2.24, 2.45) is 0 Å². The molecule has 1 fully saturated rings. The highest BCUT2D eigenvalue weighted by atomic mass is 16.6. The summed E-state index contributed by atoms with van der Waals surface area (Å²) >= 11 is 0. The average molecular weight is 472 g/mol. The van der Waals surface area contributed by atoms with Crippen LogP contribution in [0.4, 0.5) is 5.69 Å². The van der Waals surface area contributed by atoms with E-state index in [2.05, 4.69) is 10.2 Å². The van der Waals surface area contributed by atoms with Crippen LogP contribution in [0.3, 0.4) is 0 Å². The number of piperazine rings is 1. The molecule has 2 atom stereocenters. The lowest BCUT2D eigenvalue weighted by atomic mass is 10.0. The minimum absolute atomic E-state index is 0.0613. The zero-order valence-corrected chi connectivity index (χ0v) is 19.7. The van der Waals surface area contributed by atoms with Gasteiger partial charge in [-0.05, 0) is 30.7 Å². The molecule has 0 aliphatic carbocycles. The van der Waals surface area contributed by atoms with Gasteiger partial charge in [-0.1, -0.05) is 60.7 Å². The summed E-state index contributed by atoms with van der Waals surface area (Å²) in [6, 6.07) is 24.9. The van der Waals surface area contributed by atoms with Crippen molar-refractivity contribution >= 4 is 17.5 Å². The number of carbonyl (C=O) groups is 2. The predicted molar refractivity (Wildman–Crippen MR) is 134 cm³/mol. The van der Waals surface area contributed by atoms with Gasteiger partial charge in [0.15, 0.2) is 11.5 Å². The largest absolute Gasteiger partial charge is 0.485 e. The summed E-state index contributed by atoms with van der Waals surface area (Å²) in [5.74, 6) is 1.12. The van der Waals surface area contributed by atoms with E-state index in [-0.39, 0.29) is 24.5 Å². The molecule has 2 heterocycles. The molecule has 7 nitrogen and oxygen atoms in total. The van der Waals surface area contributed by atoms with Crippen LogP contribution in [0.2, 0.25) is 0 Å². The highest BCUT2D eigenvalue weighted by Crippen LogP contribution is 2.31. The van der Waals surface area contributed by atoms with E-state index in [1.165, 1.54) is 0 Å². The molecule has 1 saturated heterocycles. The number of amides is 2. The van der Waals surface area contributed by atoms with Crippen molar-refractivity contribution in [3.05, 3.63) is 78.9 Å². The fraction of sp³-hybridized carbons (Fsp3) is 0.286. The maximum absolute atomic E-state index is 13.1. The van der Waals surface area contributed by atoms with Crippen molar-refractivity contribution in [2.75, 3.05) is 38.1 Å². The molecule has 2 aliphatic rings. The molecule has 1 N–H and O–H groups in total. The van der Waals surface area contributed by atoms with E-state index in [9.17, 15) is 9.59 Å². The quantitative estimate of drug-likeness (QED) is 0.615. The van der Waals surface area contributed by atoms with Crippen molar-refractivity contribution in [1.29, 1.82) is 0 Å². The molecule has 7 heteroatoms. The zero-order valence-electron chi connectivity index (χ0n) is 19.7. The SMILES string of the molecule is C[C@@H](C(=O)Nc1ccccc1-c1ccccc1)N1CCN(C(=O)[C@@H]2COc3ccccc3O2)CC1. The molecule has 5 rings (SSSR count). The van der Waals surface area contributed by atoms with Crippen LogP contribution in [-0.4, -0.2) is 66.5 Å². The zero-order chi connectivity index (χ0) is 24.2. The standard InChI is InChI=1S/C28H29N3O4/c1-20(27(32)29-23-12-6-5-11-22(23)21-9-3-2-4-10-21)30-15-17-31(18-16-30)28(33)26-19-34-24-13-7-8-14-25(24)35-26/h2-14,20,26H,15-19H2,1H3,(H,29,32)/t20-,26-/m0/s1. The van der Waals surface area contributed by atoms with Gasteiger partial charge in [0.1, 0.15) is 6.61 Å². The second-order valence-electron chi connectivity index (χ2n) is 8.80. The normalized spacial score (nSPS) is 18.5. The van der Waals surface area contributed by atoms with E-state index >= 15 is 0 Å². The molecule has 0 spiro atoms. The third kappa shape index (κ3) is 5.00. The maximum Gasteiger partial charge on any atom is 0.267 e. The molecule has 0 radical (unpaired) electrons. The molecule has 3 aromatic carbocycles. The number of benzene rings is 3. The Kier molecular flexibility index (Phi) is 6.68. The van der Waals surface area contributed by atoms with E-state index in [1.807, 2.05) is 85.8 Å². The minimum atomic E-state index is -0.647. The summed E-state index contributed by atoms with van der Waals surface area (Å²) in [4.78, 5) is 30.0. The van der Waals surface area contributed by atoms with Crippen LogP contribution in [-0.2, 0) is 9.59 Å². The Balaban J connectivity index is 1.17. The number of rotatable bonds is 5. The van der Waals surface area contributed by atoms with Crippen LogP contribution in [0.5, 0.6) is 11.5 Å². The number of anilines is 1. The molecule has 0 unspecified atom stereocenters. The monoisotopic (exact) mass is 471 g/mol. The van der Waals surface area contributed by atoms with E-state index in [0.29, 0.717) is 37.7 Å². The fourth-order valence-corrected chi connectivity index (χ4v) is 4.54. The summed E-state index contributed by atoms with van der Waals surface area (Å²) in [5.41, 5.74) is 2.83. The highest BCUT2D eigenvalue weighted by Gasteiger charge is 2.34. The number of hydrogen-bond donors (Lipinski definition) is 1. The van der Waals surface area contributed by atoms with Crippen molar-refractivity contribution in [1.82, 2.24) is 9.80 Å². The van der Waals surface area contributed by atoms with Crippen LogP contribution in [0.15, 0.2) is 78.9 Å². The Labute approximate surface area is 205 Å². The fourth-order valence-electron chi connectivity index (χ4n) is 4.54. The van der Waals surface area contributed by atoms with Crippen LogP contribution in [0.25, 0.3) is 11.1 Å². The molecule has 0 saturated carbocycles. The topological polar surface area (TPSA) is 71.1 Å². The number of para-hydroxylation sites is 3. The van der Waals surface area contributed by atoms with E-state index in [4.69, 9.17) is 9.47 Å². The van der Waals surface area contributed by atoms with E-state index < -0.39 is 6.10 Å². The second kappa shape index (κ2) is 10.2. The first-order chi connectivity index (χ1) is 17.1. The van der Waals surface area contributed by atoms with Crippen LogP contribution < -0.4 is 14.8 Å². The van der Waals surface area contributed by atoms with Gasteiger partial charge in [0.05, 0.1) is 6.04 Å². The lowest BCUT2D eigenvalue weighted by Gasteiger charge is -2.39. The Morgan fingerprint density at radius 3 is 2.29 bits per heavy atom. The second-order valence-corrected chi connectivity index (χ2v) is 8.80. The van der Waals surface area contributed by atoms with Gasteiger partial charge in [-0.3, -0.25) is 14.5 Å². The molecular weight excluding hydrogens is 442 g/mol. The molecule has 2 amide bonds.